The summed E-state index contributed by atoms with van der Waals surface area (Å²) in [5, 5.41) is 28.0. The van der Waals surface area contributed by atoms with Crippen LogP contribution in [-0.4, -0.2) is 44.4 Å². The van der Waals surface area contributed by atoms with Crippen molar-refractivity contribution in [3.8, 4) is 0 Å². The molecule has 1 aromatic rings. The fourth-order valence-electron chi connectivity index (χ4n) is 1.89. The Morgan fingerprint density at radius 1 is 1.04 bits per heavy atom. The Hall–Kier alpha value is -2.97. The van der Waals surface area contributed by atoms with Gasteiger partial charge in [-0.05, 0) is 12.0 Å². The minimum atomic E-state index is -1.20. The summed E-state index contributed by atoms with van der Waals surface area (Å²) >= 11 is 0. The zero-order valence-corrected chi connectivity index (χ0v) is 12.2. The first-order valence-electron chi connectivity index (χ1n) is 6.74. The van der Waals surface area contributed by atoms with E-state index in [1.54, 1.807) is 0 Å². The Labute approximate surface area is 131 Å². The quantitative estimate of drug-likeness (QED) is 0.515. The van der Waals surface area contributed by atoms with Gasteiger partial charge in [-0.25, -0.2) is 0 Å². The molecule has 0 saturated heterocycles. The number of nitro benzene ring substituents is 1. The van der Waals surface area contributed by atoms with E-state index in [9.17, 15) is 24.5 Å². The summed E-state index contributed by atoms with van der Waals surface area (Å²) in [6.07, 6.45) is -0.138. The van der Waals surface area contributed by atoms with Crippen molar-refractivity contribution in [1.82, 2.24) is 4.90 Å². The molecule has 0 unspecified atom stereocenters. The molecule has 0 saturated carbocycles. The van der Waals surface area contributed by atoms with E-state index in [1.165, 1.54) is 24.3 Å². The van der Waals surface area contributed by atoms with E-state index in [0.29, 0.717) is 5.56 Å². The maximum atomic E-state index is 12.0. The average Bonchev–Trinajstić information content (AvgIpc) is 2.46. The van der Waals surface area contributed by atoms with Crippen molar-refractivity contribution in [2.24, 2.45) is 0 Å². The highest BCUT2D eigenvalue weighted by Gasteiger charge is 2.17. The second-order valence-corrected chi connectivity index (χ2v) is 4.81. The molecule has 0 heterocycles. The van der Waals surface area contributed by atoms with E-state index in [2.05, 4.69) is 0 Å². The standard InChI is InChI=1S/C14H16N2O7/c17-12(2-1-3-13(18)19)15(9-14(20)21)8-10-4-6-11(7-5-10)16(22)23/h4-7H,1-3,8-9H2,(H,18,19)(H,20,21). The maximum Gasteiger partial charge on any atom is 0.323 e. The molecule has 2 N–H and O–H groups in total. The molecule has 0 aliphatic heterocycles. The molecule has 124 valence electrons. The van der Waals surface area contributed by atoms with E-state index < -0.39 is 29.3 Å². The van der Waals surface area contributed by atoms with Gasteiger partial charge < -0.3 is 15.1 Å². The van der Waals surface area contributed by atoms with E-state index in [-0.39, 0.29) is 31.5 Å². The summed E-state index contributed by atoms with van der Waals surface area (Å²) in [5.41, 5.74) is 0.440. The van der Waals surface area contributed by atoms with Crippen molar-refractivity contribution >= 4 is 23.5 Å². The highest BCUT2D eigenvalue weighted by molar-refractivity contribution is 5.81. The van der Waals surface area contributed by atoms with Gasteiger partial charge in [0, 0.05) is 31.5 Å². The van der Waals surface area contributed by atoms with E-state index >= 15 is 0 Å². The van der Waals surface area contributed by atoms with Crippen molar-refractivity contribution in [1.29, 1.82) is 0 Å². The number of carboxylic acid groups (broad SMARTS) is 2. The van der Waals surface area contributed by atoms with Gasteiger partial charge in [0.25, 0.3) is 5.69 Å². The predicted octanol–water partition coefficient (Wildman–Crippen LogP) is 1.26. The molecule has 9 heteroatoms. The summed E-state index contributed by atoms with van der Waals surface area (Å²) in [6, 6.07) is 5.42. The first-order chi connectivity index (χ1) is 10.8. The Balaban J connectivity index is 2.73. The smallest absolute Gasteiger partial charge is 0.323 e. The molecule has 1 aromatic carbocycles. The highest BCUT2D eigenvalue weighted by atomic mass is 16.6. The number of non-ortho nitro benzene ring substituents is 1. The van der Waals surface area contributed by atoms with E-state index in [1.807, 2.05) is 0 Å². The molecule has 0 aliphatic rings. The number of nitrogens with zero attached hydrogens (tertiary/aromatic N) is 2. The highest BCUT2D eigenvalue weighted by Crippen LogP contribution is 2.14. The van der Waals surface area contributed by atoms with Gasteiger partial charge in [0.15, 0.2) is 0 Å². The number of amides is 1. The number of carboxylic acids is 2. The second-order valence-electron chi connectivity index (χ2n) is 4.81. The minimum absolute atomic E-state index is 0.0177. The molecule has 0 bridgehead atoms. The van der Waals surface area contributed by atoms with Crippen LogP contribution in [0.4, 0.5) is 5.69 Å². The van der Waals surface area contributed by atoms with Crippen molar-refractivity contribution < 1.29 is 29.5 Å². The Bertz CT molecular complexity index is 598. The monoisotopic (exact) mass is 324 g/mol. The zero-order valence-electron chi connectivity index (χ0n) is 12.2. The van der Waals surface area contributed by atoms with E-state index in [4.69, 9.17) is 10.2 Å². The van der Waals surface area contributed by atoms with Crippen molar-refractivity contribution in [3.05, 3.63) is 39.9 Å². The maximum absolute atomic E-state index is 12.0. The van der Waals surface area contributed by atoms with Gasteiger partial charge in [0.1, 0.15) is 6.54 Å². The number of hydrogen-bond donors (Lipinski definition) is 2. The lowest BCUT2D eigenvalue weighted by Crippen LogP contribution is -2.35. The third kappa shape index (κ3) is 6.55. The van der Waals surface area contributed by atoms with Crippen molar-refractivity contribution in [3.63, 3.8) is 0 Å². The normalized spacial score (nSPS) is 10.1. The third-order valence-corrected chi connectivity index (χ3v) is 2.98. The molecule has 9 nitrogen and oxygen atoms in total. The van der Waals surface area contributed by atoms with Crippen LogP contribution in [0, 0.1) is 10.1 Å². The number of hydrogen-bond acceptors (Lipinski definition) is 5. The van der Waals surface area contributed by atoms with E-state index in [0.717, 1.165) is 4.90 Å². The molecular weight excluding hydrogens is 308 g/mol. The average molecular weight is 324 g/mol. The molecule has 1 amide bonds. The lowest BCUT2D eigenvalue weighted by atomic mass is 10.1. The van der Waals surface area contributed by atoms with Gasteiger partial charge in [0.05, 0.1) is 4.92 Å². The summed E-state index contributed by atoms with van der Waals surface area (Å²) in [5.74, 6) is -2.71. The Morgan fingerprint density at radius 3 is 2.13 bits per heavy atom. The summed E-state index contributed by atoms with van der Waals surface area (Å²) in [4.78, 5) is 44.4. The second kappa shape index (κ2) is 8.47. The Kier molecular flexibility index (Phi) is 6.66. The van der Waals surface area contributed by atoms with Crippen LogP contribution in [-0.2, 0) is 20.9 Å². The number of aliphatic carboxylic acids is 2. The van der Waals surface area contributed by atoms with Gasteiger partial charge in [-0.2, -0.15) is 0 Å². The lowest BCUT2D eigenvalue weighted by molar-refractivity contribution is -0.384. The zero-order chi connectivity index (χ0) is 17.4. The largest absolute Gasteiger partial charge is 0.481 e. The summed E-state index contributed by atoms with van der Waals surface area (Å²) < 4.78 is 0. The fourth-order valence-corrected chi connectivity index (χ4v) is 1.89. The van der Waals surface area contributed by atoms with Crippen LogP contribution in [0.25, 0.3) is 0 Å². The SMILES string of the molecule is O=C(O)CCCC(=O)N(CC(=O)O)Cc1ccc([N+](=O)[O-])cc1. The predicted molar refractivity (Wildman–Crippen MR) is 77.6 cm³/mol. The molecule has 1 rings (SSSR count). The van der Waals surface area contributed by atoms with Gasteiger partial charge in [0.2, 0.25) is 5.91 Å². The molecule has 0 atom stereocenters. The number of carbonyl (C=O) groups is 3. The van der Waals surface area contributed by atoms with Crippen molar-refractivity contribution in [2.75, 3.05) is 6.54 Å². The van der Waals surface area contributed by atoms with Crippen LogP contribution in [0.3, 0.4) is 0 Å². The Morgan fingerprint density at radius 2 is 1.65 bits per heavy atom. The topological polar surface area (TPSA) is 138 Å². The van der Waals surface area contributed by atoms with Crippen LogP contribution < -0.4 is 0 Å². The summed E-state index contributed by atoms with van der Waals surface area (Å²) in [7, 11) is 0. The number of benzene rings is 1. The first kappa shape index (κ1) is 18.1. The van der Waals surface area contributed by atoms with Crippen molar-refractivity contribution in [2.45, 2.75) is 25.8 Å². The number of nitro groups is 1. The van der Waals surface area contributed by atoms with Crippen LogP contribution in [0.1, 0.15) is 24.8 Å². The number of rotatable bonds is 9. The van der Waals surface area contributed by atoms with Gasteiger partial charge in [-0.15, -0.1) is 0 Å². The molecule has 0 aliphatic carbocycles. The summed E-state index contributed by atoms with van der Waals surface area (Å²) in [6.45, 7) is -0.543. The van der Waals surface area contributed by atoms with Gasteiger partial charge >= 0.3 is 11.9 Å². The van der Waals surface area contributed by atoms with Gasteiger partial charge in [-0.1, -0.05) is 12.1 Å². The first-order valence-corrected chi connectivity index (χ1v) is 6.74. The number of carbonyl (C=O) groups excluding carboxylic acids is 1. The van der Waals surface area contributed by atoms with Crippen LogP contribution >= 0.6 is 0 Å². The molecule has 0 spiro atoms. The molecule has 0 radical (unpaired) electrons. The third-order valence-electron chi connectivity index (χ3n) is 2.98. The van der Waals surface area contributed by atoms with Crippen LogP contribution in [0.2, 0.25) is 0 Å². The fraction of sp³-hybridized carbons (Fsp3) is 0.357. The molecule has 0 aromatic heterocycles. The molecular formula is C14H16N2O7. The molecule has 0 fully saturated rings. The minimum Gasteiger partial charge on any atom is -0.481 e. The van der Waals surface area contributed by atoms with Crippen LogP contribution in [0.5, 0.6) is 0 Å². The molecule has 23 heavy (non-hydrogen) atoms. The van der Waals surface area contributed by atoms with Crippen LogP contribution in [0.15, 0.2) is 24.3 Å². The van der Waals surface area contributed by atoms with Gasteiger partial charge in [-0.3, -0.25) is 24.5 Å². The lowest BCUT2D eigenvalue weighted by Gasteiger charge is -2.20.